The molecule has 0 bridgehead atoms. The van der Waals surface area contributed by atoms with E-state index in [9.17, 15) is 13.2 Å². The van der Waals surface area contributed by atoms with Gasteiger partial charge in [0.05, 0.1) is 27.5 Å². The molecule has 1 aliphatic rings. The van der Waals surface area contributed by atoms with Gasteiger partial charge in [0.1, 0.15) is 18.1 Å². The first-order chi connectivity index (χ1) is 15.2. The first-order valence-electron chi connectivity index (χ1n) is 10.2. The van der Waals surface area contributed by atoms with Gasteiger partial charge in [0.15, 0.2) is 0 Å². The van der Waals surface area contributed by atoms with E-state index in [1.54, 1.807) is 6.92 Å². The summed E-state index contributed by atoms with van der Waals surface area (Å²) in [6.45, 7) is 6.00. The summed E-state index contributed by atoms with van der Waals surface area (Å²) in [5, 5.41) is 1.93. The highest BCUT2D eigenvalue weighted by Gasteiger charge is 2.32. The molecule has 0 amide bonds. The number of aromatic nitrogens is 1. The van der Waals surface area contributed by atoms with Crippen LogP contribution in [0.5, 0.6) is 0 Å². The van der Waals surface area contributed by atoms with Crippen molar-refractivity contribution in [3.05, 3.63) is 58.8 Å². The van der Waals surface area contributed by atoms with Gasteiger partial charge >= 0.3 is 5.97 Å². The molecule has 1 fully saturated rings. The van der Waals surface area contributed by atoms with Gasteiger partial charge in [0, 0.05) is 13.1 Å². The lowest BCUT2D eigenvalue weighted by atomic mass is 10.2. The van der Waals surface area contributed by atoms with Gasteiger partial charge in [-0.05, 0) is 56.5 Å². The molecule has 2 unspecified atom stereocenters. The molecular formula is C22H24N2O6S2. The molecular weight excluding hydrogens is 452 g/mol. The lowest BCUT2D eigenvalue weighted by molar-refractivity contribution is -0.0440. The number of ether oxygens (including phenoxy) is 2. The monoisotopic (exact) mass is 476 g/mol. The van der Waals surface area contributed by atoms with Crippen LogP contribution in [0.25, 0.3) is 10.8 Å². The molecule has 4 rings (SSSR count). The molecule has 0 spiro atoms. The third-order valence-electron chi connectivity index (χ3n) is 5.08. The van der Waals surface area contributed by atoms with Crippen molar-refractivity contribution < 1.29 is 27.1 Å². The summed E-state index contributed by atoms with van der Waals surface area (Å²) in [4.78, 5) is 17.9. The number of aryl methyl sites for hydroxylation is 1. The standard InChI is InChI=1S/C22H24N2O6S2/c1-14-11-24(12-15(2)29-14)32(26,27)18-8-6-17(7-9-18)22(25)28-13-19-16(3)30-21(23-19)20-5-4-10-31-20/h4-10,14-15H,11-13H2,1-3H3. The van der Waals surface area contributed by atoms with E-state index in [2.05, 4.69) is 4.98 Å². The van der Waals surface area contributed by atoms with E-state index in [-0.39, 0.29) is 29.3 Å². The maximum atomic E-state index is 12.9. The number of hydrogen-bond acceptors (Lipinski definition) is 8. The number of morpholine rings is 1. The Bertz CT molecular complexity index is 1180. The van der Waals surface area contributed by atoms with Crippen LogP contribution in [0.3, 0.4) is 0 Å². The normalized spacial score (nSPS) is 19.7. The number of sulfonamides is 1. The third-order valence-corrected chi connectivity index (χ3v) is 7.78. The second kappa shape index (κ2) is 9.14. The van der Waals surface area contributed by atoms with Crippen molar-refractivity contribution >= 4 is 27.3 Å². The van der Waals surface area contributed by atoms with Crippen molar-refractivity contribution in [1.82, 2.24) is 9.29 Å². The number of oxazole rings is 1. The molecule has 1 aromatic carbocycles. The number of hydrogen-bond donors (Lipinski definition) is 0. The van der Waals surface area contributed by atoms with Gasteiger partial charge in [0.2, 0.25) is 15.9 Å². The largest absolute Gasteiger partial charge is 0.455 e. The Kier molecular flexibility index (Phi) is 6.47. The van der Waals surface area contributed by atoms with Gasteiger partial charge in [-0.15, -0.1) is 11.3 Å². The molecule has 1 aliphatic heterocycles. The van der Waals surface area contributed by atoms with Crippen LogP contribution in [-0.4, -0.2) is 49.0 Å². The predicted molar refractivity (Wildman–Crippen MR) is 119 cm³/mol. The zero-order valence-corrected chi connectivity index (χ0v) is 19.6. The Balaban J connectivity index is 1.41. The summed E-state index contributed by atoms with van der Waals surface area (Å²) in [6.07, 6.45) is -0.355. The SMILES string of the molecule is Cc1oc(-c2cccs2)nc1COC(=O)c1ccc(S(=O)(=O)N2CC(C)OC(C)C2)cc1. The molecule has 10 heteroatoms. The summed E-state index contributed by atoms with van der Waals surface area (Å²) < 4.78 is 43.9. The minimum atomic E-state index is -3.67. The Morgan fingerprint density at radius 1 is 1.19 bits per heavy atom. The van der Waals surface area contributed by atoms with E-state index in [0.29, 0.717) is 30.4 Å². The molecule has 0 aliphatic carbocycles. The summed E-state index contributed by atoms with van der Waals surface area (Å²) in [5.41, 5.74) is 0.795. The van der Waals surface area contributed by atoms with E-state index in [0.717, 1.165) is 4.88 Å². The minimum absolute atomic E-state index is 0.0385. The zero-order valence-electron chi connectivity index (χ0n) is 18.0. The molecule has 2 atom stereocenters. The quantitative estimate of drug-likeness (QED) is 0.498. The number of carbonyl (C=O) groups excluding carboxylic acids is 1. The maximum Gasteiger partial charge on any atom is 0.338 e. The van der Waals surface area contributed by atoms with E-state index in [1.165, 1.54) is 39.9 Å². The van der Waals surface area contributed by atoms with E-state index < -0.39 is 16.0 Å². The van der Waals surface area contributed by atoms with Crippen molar-refractivity contribution in [3.63, 3.8) is 0 Å². The van der Waals surface area contributed by atoms with Crippen LogP contribution in [0.15, 0.2) is 51.1 Å². The van der Waals surface area contributed by atoms with Gasteiger partial charge in [-0.3, -0.25) is 0 Å². The molecule has 1 saturated heterocycles. The molecule has 2 aromatic heterocycles. The highest BCUT2D eigenvalue weighted by atomic mass is 32.2. The average Bonchev–Trinajstić information content (AvgIpc) is 3.41. The Labute approximate surface area is 190 Å². The second-order valence-electron chi connectivity index (χ2n) is 7.68. The average molecular weight is 477 g/mol. The summed E-state index contributed by atoms with van der Waals surface area (Å²) in [6, 6.07) is 9.56. The lowest BCUT2D eigenvalue weighted by Crippen LogP contribution is -2.48. The van der Waals surface area contributed by atoms with E-state index >= 15 is 0 Å². The van der Waals surface area contributed by atoms with Crippen molar-refractivity contribution in [1.29, 1.82) is 0 Å². The zero-order chi connectivity index (χ0) is 22.9. The van der Waals surface area contributed by atoms with Gasteiger partial charge in [-0.1, -0.05) is 6.07 Å². The smallest absolute Gasteiger partial charge is 0.338 e. The number of thiophene rings is 1. The molecule has 0 radical (unpaired) electrons. The fourth-order valence-corrected chi connectivity index (χ4v) is 5.76. The number of rotatable bonds is 6. The van der Waals surface area contributed by atoms with Crippen molar-refractivity contribution in [2.75, 3.05) is 13.1 Å². The van der Waals surface area contributed by atoms with E-state index in [1.807, 2.05) is 31.4 Å². The molecule has 3 aromatic rings. The highest BCUT2D eigenvalue weighted by molar-refractivity contribution is 7.89. The number of carbonyl (C=O) groups is 1. The lowest BCUT2D eigenvalue weighted by Gasteiger charge is -2.34. The fraction of sp³-hybridized carbons (Fsp3) is 0.364. The summed E-state index contributed by atoms with van der Waals surface area (Å²) in [7, 11) is -3.67. The van der Waals surface area contributed by atoms with Crippen LogP contribution in [0.4, 0.5) is 0 Å². The second-order valence-corrected chi connectivity index (χ2v) is 10.6. The first-order valence-corrected chi connectivity index (χ1v) is 12.5. The number of nitrogens with zero attached hydrogens (tertiary/aromatic N) is 2. The minimum Gasteiger partial charge on any atom is -0.455 e. The van der Waals surface area contributed by atoms with Gasteiger partial charge in [0.25, 0.3) is 0 Å². The third kappa shape index (κ3) is 4.78. The maximum absolute atomic E-state index is 12.9. The van der Waals surface area contributed by atoms with Crippen molar-refractivity contribution in [2.45, 2.75) is 44.5 Å². The van der Waals surface area contributed by atoms with Crippen LogP contribution in [0.1, 0.15) is 35.7 Å². The van der Waals surface area contributed by atoms with Gasteiger partial charge < -0.3 is 13.9 Å². The molecule has 8 nitrogen and oxygen atoms in total. The summed E-state index contributed by atoms with van der Waals surface area (Å²) in [5.74, 6) is 0.504. The van der Waals surface area contributed by atoms with Crippen molar-refractivity contribution in [2.24, 2.45) is 0 Å². The summed E-state index contributed by atoms with van der Waals surface area (Å²) >= 11 is 1.51. The van der Waals surface area contributed by atoms with Crippen LogP contribution in [0.2, 0.25) is 0 Å². The van der Waals surface area contributed by atoms with Gasteiger partial charge in [-0.2, -0.15) is 4.31 Å². The molecule has 0 N–H and O–H groups in total. The Morgan fingerprint density at radius 3 is 2.50 bits per heavy atom. The van der Waals surface area contributed by atoms with Crippen LogP contribution < -0.4 is 0 Å². The van der Waals surface area contributed by atoms with Crippen molar-refractivity contribution in [3.8, 4) is 10.8 Å². The van der Waals surface area contributed by atoms with E-state index in [4.69, 9.17) is 13.9 Å². The molecule has 32 heavy (non-hydrogen) atoms. The molecule has 0 saturated carbocycles. The Morgan fingerprint density at radius 2 is 1.88 bits per heavy atom. The number of benzene rings is 1. The van der Waals surface area contributed by atoms with Crippen LogP contribution >= 0.6 is 11.3 Å². The Hall–Kier alpha value is -2.53. The predicted octanol–water partition coefficient (Wildman–Crippen LogP) is 3.87. The topological polar surface area (TPSA) is 98.9 Å². The number of esters is 1. The highest BCUT2D eigenvalue weighted by Crippen LogP contribution is 2.26. The van der Waals surface area contributed by atoms with Crippen LogP contribution in [-0.2, 0) is 26.1 Å². The first kappa shape index (κ1) is 22.7. The molecule has 3 heterocycles. The fourth-order valence-electron chi connectivity index (χ4n) is 3.52. The van der Waals surface area contributed by atoms with Crippen LogP contribution in [0, 0.1) is 6.92 Å². The van der Waals surface area contributed by atoms with Gasteiger partial charge in [-0.25, -0.2) is 18.2 Å². The molecule has 170 valence electrons.